The fourth-order valence-corrected chi connectivity index (χ4v) is 3.48. The van der Waals surface area contributed by atoms with Gasteiger partial charge in [0.1, 0.15) is 0 Å². The van der Waals surface area contributed by atoms with Crippen molar-refractivity contribution in [3.05, 3.63) is 89.0 Å². The summed E-state index contributed by atoms with van der Waals surface area (Å²) in [6.07, 6.45) is 0. The van der Waals surface area contributed by atoms with Crippen LogP contribution in [0.15, 0.2) is 66.7 Å². The van der Waals surface area contributed by atoms with Crippen molar-refractivity contribution in [2.45, 2.75) is 6.54 Å². The number of esters is 1. The average molecular weight is 387 g/mol. The summed E-state index contributed by atoms with van der Waals surface area (Å²) in [5.41, 5.74) is 3.57. The summed E-state index contributed by atoms with van der Waals surface area (Å²) in [5.74, 6) is -1.99. The van der Waals surface area contributed by atoms with Crippen LogP contribution in [0, 0.1) is 0 Å². The number of carboxylic acid groups (broad SMARTS) is 1. The number of ether oxygens (including phenoxy) is 1. The van der Waals surface area contributed by atoms with Gasteiger partial charge >= 0.3 is 11.9 Å². The number of carbonyl (C=O) groups excluding carboxylic acids is 2. The molecule has 0 atom stereocenters. The highest BCUT2D eigenvalue weighted by atomic mass is 16.5. The van der Waals surface area contributed by atoms with Crippen LogP contribution in [0.3, 0.4) is 0 Å². The molecule has 4 rings (SSSR count). The lowest BCUT2D eigenvalue weighted by Gasteiger charge is -2.20. The standard InChI is InChI=1S/C23H17NO5/c1-29-23(28)18-10-9-15(14-5-3-2-4-6-14)12-20(18)24-13-17-8-7-16(22(26)27)11-19(17)21(24)25/h2-12H,13H2,1H3,(H,26,27). The van der Waals surface area contributed by atoms with Crippen molar-refractivity contribution in [3.63, 3.8) is 0 Å². The van der Waals surface area contributed by atoms with Crippen LogP contribution in [0.1, 0.15) is 36.6 Å². The third-order valence-corrected chi connectivity index (χ3v) is 4.96. The number of benzene rings is 3. The molecule has 0 radical (unpaired) electrons. The van der Waals surface area contributed by atoms with E-state index in [0.29, 0.717) is 16.8 Å². The van der Waals surface area contributed by atoms with Gasteiger partial charge in [0.25, 0.3) is 5.91 Å². The van der Waals surface area contributed by atoms with Gasteiger partial charge in [0.2, 0.25) is 0 Å². The first-order chi connectivity index (χ1) is 14.0. The second-order valence-electron chi connectivity index (χ2n) is 6.66. The second kappa shape index (κ2) is 7.24. The highest BCUT2D eigenvalue weighted by Gasteiger charge is 2.32. The fourth-order valence-electron chi connectivity index (χ4n) is 3.48. The molecule has 1 amide bonds. The molecular weight excluding hydrogens is 370 g/mol. The van der Waals surface area contributed by atoms with Crippen LogP contribution in [0.2, 0.25) is 0 Å². The number of nitrogens with zero attached hydrogens (tertiary/aromatic N) is 1. The average Bonchev–Trinajstić information content (AvgIpc) is 3.09. The minimum atomic E-state index is -1.10. The highest BCUT2D eigenvalue weighted by Crippen LogP contribution is 2.34. The molecule has 0 fully saturated rings. The van der Waals surface area contributed by atoms with E-state index >= 15 is 0 Å². The van der Waals surface area contributed by atoms with Crippen molar-refractivity contribution < 1.29 is 24.2 Å². The molecule has 29 heavy (non-hydrogen) atoms. The summed E-state index contributed by atoms with van der Waals surface area (Å²) in [4.78, 5) is 38.1. The summed E-state index contributed by atoms with van der Waals surface area (Å²) in [5, 5.41) is 9.21. The number of hydrogen-bond acceptors (Lipinski definition) is 4. The van der Waals surface area contributed by atoms with E-state index in [4.69, 9.17) is 4.74 Å². The molecule has 1 aliphatic rings. The molecule has 6 heteroatoms. The van der Waals surface area contributed by atoms with Gasteiger partial charge in [-0.1, -0.05) is 42.5 Å². The van der Waals surface area contributed by atoms with Gasteiger partial charge in [0.15, 0.2) is 0 Å². The van der Waals surface area contributed by atoms with Crippen LogP contribution in [0.25, 0.3) is 11.1 Å². The topological polar surface area (TPSA) is 83.9 Å². The zero-order valence-corrected chi connectivity index (χ0v) is 15.6. The molecule has 144 valence electrons. The Morgan fingerprint density at radius 2 is 1.72 bits per heavy atom. The van der Waals surface area contributed by atoms with Gasteiger partial charge in [-0.2, -0.15) is 0 Å². The maximum atomic E-state index is 13.1. The van der Waals surface area contributed by atoms with Gasteiger partial charge in [-0.25, -0.2) is 9.59 Å². The maximum Gasteiger partial charge on any atom is 0.339 e. The Morgan fingerprint density at radius 1 is 0.966 bits per heavy atom. The number of methoxy groups -OCH3 is 1. The summed E-state index contributed by atoms with van der Waals surface area (Å²) in [6, 6.07) is 19.3. The number of rotatable bonds is 4. The van der Waals surface area contributed by atoms with E-state index in [1.54, 1.807) is 24.3 Å². The van der Waals surface area contributed by atoms with E-state index in [9.17, 15) is 19.5 Å². The quantitative estimate of drug-likeness (QED) is 0.684. The number of fused-ring (bicyclic) bond motifs is 1. The molecule has 3 aromatic rings. The molecule has 3 aromatic carbocycles. The van der Waals surface area contributed by atoms with Crippen molar-refractivity contribution in [2.24, 2.45) is 0 Å². The lowest BCUT2D eigenvalue weighted by Crippen LogP contribution is -2.25. The van der Waals surface area contributed by atoms with Crippen LogP contribution < -0.4 is 4.90 Å². The van der Waals surface area contributed by atoms with E-state index < -0.39 is 11.9 Å². The van der Waals surface area contributed by atoms with E-state index in [1.807, 2.05) is 30.3 Å². The van der Waals surface area contributed by atoms with Crippen LogP contribution in [-0.2, 0) is 11.3 Å². The zero-order valence-electron chi connectivity index (χ0n) is 15.6. The molecule has 0 saturated heterocycles. The van der Waals surface area contributed by atoms with Gasteiger partial charge in [-0.3, -0.25) is 4.79 Å². The second-order valence-corrected chi connectivity index (χ2v) is 6.66. The smallest absolute Gasteiger partial charge is 0.339 e. The predicted octanol–water partition coefficient (Wildman–Crippen LogP) is 4.00. The lowest BCUT2D eigenvalue weighted by molar-refractivity contribution is 0.0600. The summed E-state index contributed by atoms with van der Waals surface area (Å²) >= 11 is 0. The van der Waals surface area contributed by atoms with Crippen LogP contribution in [0.4, 0.5) is 5.69 Å². The van der Waals surface area contributed by atoms with Gasteiger partial charge in [-0.15, -0.1) is 0 Å². The molecule has 0 aliphatic carbocycles. The normalized spacial score (nSPS) is 12.6. The first kappa shape index (κ1) is 18.4. The first-order valence-electron chi connectivity index (χ1n) is 8.95. The largest absolute Gasteiger partial charge is 0.478 e. The monoisotopic (exact) mass is 387 g/mol. The van der Waals surface area contributed by atoms with E-state index in [2.05, 4.69) is 0 Å². The molecule has 1 N–H and O–H groups in total. The number of amides is 1. The Bertz CT molecular complexity index is 1140. The Kier molecular flexibility index (Phi) is 4.60. The Morgan fingerprint density at radius 3 is 2.41 bits per heavy atom. The first-order valence-corrected chi connectivity index (χ1v) is 8.95. The summed E-state index contributed by atoms with van der Waals surface area (Å²) < 4.78 is 4.89. The van der Waals surface area contributed by atoms with E-state index in [-0.39, 0.29) is 23.6 Å². The van der Waals surface area contributed by atoms with E-state index in [1.165, 1.54) is 24.1 Å². The number of carbonyl (C=O) groups is 3. The van der Waals surface area contributed by atoms with Gasteiger partial charge in [0.05, 0.1) is 30.5 Å². The van der Waals surface area contributed by atoms with Crippen molar-refractivity contribution in [2.75, 3.05) is 12.0 Å². The minimum absolute atomic E-state index is 0.0465. The Hall–Kier alpha value is -3.93. The summed E-state index contributed by atoms with van der Waals surface area (Å²) in [7, 11) is 1.29. The predicted molar refractivity (Wildman–Crippen MR) is 107 cm³/mol. The Labute approximate surface area is 167 Å². The van der Waals surface area contributed by atoms with Crippen molar-refractivity contribution >= 4 is 23.5 Å². The van der Waals surface area contributed by atoms with Crippen LogP contribution in [-0.4, -0.2) is 30.1 Å². The molecular formula is C23H17NO5. The summed E-state index contributed by atoms with van der Waals surface area (Å²) in [6.45, 7) is 0.246. The van der Waals surface area contributed by atoms with Crippen LogP contribution in [0.5, 0.6) is 0 Å². The van der Waals surface area contributed by atoms with Crippen molar-refractivity contribution in [1.29, 1.82) is 0 Å². The lowest BCUT2D eigenvalue weighted by atomic mass is 10.0. The number of anilines is 1. The number of aromatic carboxylic acids is 1. The van der Waals surface area contributed by atoms with Crippen molar-refractivity contribution in [1.82, 2.24) is 0 Å². The van der Waals surface area contributed by atoms with E-state index in [0.717, 1.165) is 11.1 Å². The molecule has 0 spiro atoms. The minimum Gasteiger partial charge on any atom is -0.478 e. The van der Waals surface area contributed by atoms with Crippen molar-refractivity contribution in [3.8, 4) is 11.1 Å². The fraction of sp³-hybridized carbons (Fsp3) is 0.0870. The molecule has 0 saturated carbocycles. The number of carboxylic acids is 1. The highest BCUT2D eigenvalue weighted by molar-refractivity contribution is 6.13. The molecule has 6 nitrogen and oxygen atoms in total. The molecule has 1 heterocycles. The SMILES string of the molecule is COC(=O)c1ccc(-c2ccccc2)cc1N1Cc2ccc(C(=O)O)cc2C1=O. The third kappa shape index (κ3) is 3.25. The molecule has 1 aliphatic heterocycles. The van der Waals surface area contributed by atoms with Crippen LogP contribution >= 0.6 is 0 Å². The number of hydrogen-bond donors (Lipinski definition) is 1. The molecule has 0 aromatic heterocycles. The molecule has 0 unspecified atom stereocenters. The zero-order chi connectivity index (χ0) is 20.5. The molecule has 0 bridgehead atoms. The Balaban J connectivity index is 1.81. The van der Waals surface area contributed by atoms with Gasteiger partial charge in [0, 0.05) is 5.56 Å². The van der Waals surface area contributed by atoms with Gasteiger partial charge in [-0.05, 0) is 41.0 Å². The maximum absolute atomic E-state index is 13.1. The van der Waals surface area contributed by atoms with Gasteiger partial charge < -0.3 is 14.7 Å². The third-order valence-electron chi connectivity index (χ3n) is 4.96.